The van der Waals surface area contributed by atoms with E-state index in [1.54, 1.807) is 18.2 Å². The second kappa shape index (κ2) is 10.0. The molecule has 0 radical (unpaired) electrons. The van der Waals surface area contributed by atoms with Crippen LogP contribution in [0, 0.1) is 11.3 Å². The molecule has 1 unspecified atom stereocenters. The molecule has 0 saturated heterocycles. The molecule has 0 bridgehead atoms. The summed E-state index contributed by atoms with van der Waals surface area (Å²) in [6.07, 6.45) is 1.01. The van der Waals surface area contributed by atoms with E-state index in [2.05, 4.69) is 18.8 Å². The third kappa shape index (κ3) is 4.87. The Kier molecular flexibility index (Phi) is 7.39. The number of carbonyl (C=O) groups excluding carboxylic acids is 1. The van der Waals surface area contributed by atoms with Gasteiger partial charge in [-0.1, -0.05) is 49.3 Å². The summed E-state index contributed by atoms with van der Waals surface area (Å²) in [5, 5.41) is 10.4. The van der Waals surface area contributed by atoms with Crippen molar-refractivity contribution in [1.82, 2.24) is 9.55 Å². The molecule has 2 N–H and O–H groups in total. The van der Waals surface area contributed by atoms with Crippen LogP contribution in [0.15, 0.2) is 63.7 Å². The van der Waals surface area contributed by atoms with Crippen LogP contribution in [0.2, 0.25) is 5.02 Å². The third-order valence-electron chi connectivity index (χ3n) is 5.25. The van der Waals surface area contributed by atoms with E-state index in [1.807, 2.05) is 30.3 Å². The number of ketones is 1. The average molecular weight is 467 g/mol. The molecule has 0 saturated carbocycles. The SMILES string of the molecule is CCC(C)c1ccc(-n2c(SCC(=O)/C(C#N)=C(\C)N)nc3cc(Cl)ccc3c2=O)cc1. The molecule has 3 rings (SSSR count). The molecule has 0 aliphatic carbocycles. The first-order valence-electron chi connectivity index (χ1n) is 10.1. The molecule has 2 aromatic carbocycles. The lowest BCUT2D eigenvalue weighted by atomic mass is 9.98. The van der Waals surface area contributed by atoms with Gasteiger partial charge in [0.1, 0.15) is 11.6 Å². The van der Waals surface area contributed by atoms with E-state index in [0.29, 0.717) is 32.7 Å². The molecule has 1 heterocycles. The number of halogens is 1. The summed E-state index contributed by atoms with van der Waals surface area (Å²) in [5.74, 6) is -0.0997. The molecule has 0 spiro atoms. The van der Waals surface area contributed by atoms with Crippen LogP contribution >= 0.6 is 23.4 Å². The van der Waals surface area contributed by atoms with Crippen LogP contribution in [0.1, 0.15) is 38.7 Å². The van der Waals surface area contributed by atoms with E-state index in [9.17, 15) is 14.9 Å². The van der Waals surface area contributed by atoms with E-state index in [4.69, 9.17) is 17.3 Å². The fourth-order valence-corrected chi connectivity index (χ4v) is 4.27. The first kappa shape index (κ1) is 23.6. The molecule has 32 heavy (non-hydrogen) atoms. The summed E-state index contributed by atoms with van der Waals surface area (Å²) in [6, 6.07) is 14.5. The average Bonchev–Trinajstić information content (AvgIpc) is 2.77. The number of fused-ring (bicyclic) bond motifs is 1. The van der Waals surface area contributed by atoms with E-state index < -0.39 is 5.78 Å². The number of hydrogen-bond acceptors (Lipinski definition) is 6. The van der Waals surface area contributed by atoms with Crippen molar-refractivity contribution in [2.24, 2.45) is 5.73 Å². The number of nitriles is 1. The molecular weight excluding hydrogens is 444 g/mol. The Morgan fingerprint density at radius 3 is 2.56 bits per heavy atom. The van der Waals surface area contributed by atoms with Gasteiger partial charge in [-0.2, -0.15) is 5.26 Å². The maximum absolute atomic E-state index is 13.4. The highest BCUT2D eigenvalue weighted by Crippen LogP contribution is 2.25. The van der Waals surface area contributed by atoms with Gasteiger partial charge in [0, 0.05) is 10.7 Å². The van der Waals surface area contributed by atoms with Gasteiger partial charge < -0.3 is 5.73 Å². The number of nitrogens with two attached hydrogens (primary N) is 1. The molecule has 0 amide bonds. The first-order chi connectivity index (χ1) is 15.3. The number of rotatable bonds is 7. The van der Waals surface area contributed by atoms with Crippen molar-refractivity contribution in [1.29, 1.82) is 5.26 Å². The summed E-state index contributed by atoms with van der Waals surface area (Å²) in [5.41, 5.74) is 7.72. The van der Waals surface area contributed by atoms with Gasteiger partial charge in [0.2, 0.25) is 0 Å². The van der Waals surface area contributed by atoms with Crippen LogP contribution in [0.3, 0.4) is 0 Å². The minimum absolute atomic E-state index is 0.0824. The predicted molar refractivity (Wildman–Crippen MR) is 129 cm³/mol. The van der Waals surface area contributed by atoms with Crippen LogP contribution in [-0.4, -0.2) is 21.1 Å². The Morgan fingerprint density at radius 1 is 1.28 bits per heavy atom. The molecule has 164 valence electrons. The molecule has 1 aromatic heterocycles. The summed E-state index contributed by atoms with van der Waals surface area (Å²) in [4.78, 5) is 30.5. The van der Waals surface area contributed by atoms with Crippen molar-refractivity contribution < 1.29 is 4.79 Å². The number of carbonyl (C=O) groups is 1. The smallest absolute Gasteiger partial charge is 0.266 e. The van der Waals surface area contributed by atoms with Crippen molar-refractivity contribution in [3.8, 4) is 11.8 Å². The first-order valence-corrected chi connectivity index (χ1v) is 11.5. The monoisotopic (exact) mass is 466 g/mol. The second-order valence-corrected chi connectivity index (χ2v) is 8.86. The number of aromatic nitrogens is 2. The van der Waals surface area contributed by atoms with Crippen LogP contribution in [0.5, 0.6) is 0 Å². The normalized spacial score (nSPS) is 12.8. The third-order valence-corrected chi connectivity index (χ3v) is 6.42. The molecule has 0 fully saturated rings. The molecule has 8 heteroatoms. The highest BCUT2D eigenvalue weighted by molar-refractivity contribution is 7.99. The number of nitrogens with zero attached hydrogens (tertiary/aromatic N) is 3. The maximum Gasteiger partial charge on any atom is 0.266 e. The number of hydrogen-bond donors (Lipinski definition) is 1. The standard InChI is InChI=1S/C24H23ClN4O2S/c1-4-14(2)16-5-8-18(9-6-16)29-23(31)19-10-7-17(25)11-21(19)28-24(29)32-13-22(30)20(12-26)15(3)27/h5-11,14H,4,13,27H2,1-3H3/b20-15+. The van der Waals surface area contributed by atoms with E-state index >= 15 is 0 Å². The van der Waals surface area contributed by atoms with Crippen molar-refractivity contribution in [2.75, 3.05) is 5.75 Å². The Morgan fingerprint density at radius 2 is 1.97 bits per heavy atom. The zero-order valence-electron chi connectivity index (χ0n) is 18.1. The van der Waals surface area contributed by atoms with Crippen LogP contribution in [0.25, 0.3) is 16.6 Å². The van der Waals surface area contributed by atoms with Crippen molar-refractivity contribution >= 4 is 40.0 Å². The van der Waals surface area contributed by atoms with Gasteiger partial charge in [-0.3, -0.25) is 14.2 Å². The van der Waals surface area contributed by atoms with Crippen LogP contribution < -0.4 is 11.3 Å². The van der Waals surface area contributed by atoms with Gasteiger partial charge in [0.05, 0.1) is 22.3 Å². The van der Waals surface area contributed by atoms with Gasteiger partial charge in [0.15, 0.2) is 10.9 Å². The van der Waals surface area contributed by atoms with Crippen molar-refractivity contribution in [3.63, 3.8) is 0 Å². The van der Waals surface area contributed by atoms with Crippen molar-refractivity contribution in [2.45, 2.75) is 38.3 Å². The van der Waals surface area contributed by atoms with E-state index in [1.165, 1.54) is 17.1 Å². The van der Waals surface area contributed by atoms with Gasteiger partial charge >= 0.3 is 0 Å². The molecule has 0 aliphatic rings. The van der Waals surface area contributed by atoms with Gasteiger partial charge in [-0.15, -0.1) is 0 Å². The highest BCUT2D eigenvalue weighted by Gasteiger charge is 2.18. The fraction of sp³-hybridized carbons (Fsp3) is 0.250. The van der Waals surface area contributed by atoms with Crippen molar-refractivity contribution in [3.05, 3.63) is 74.7 Å². The molecular formula is C24H23ClN4O2S. The minimum Gasteiger partial charge on any atom is -0.401 e. The molecule has 3 aromatic rings. The van der Waals surface area contributed by atoms with Crippen LogP contribution in [0.4, 0.5) is 0 Å². The maximum atomic E-state index is 13.4. The number of Topliss-reactive ketones (excluding diaryl/α,β-unsaturated/α-hetero) is 1. The minimum atomic E-state index is -0.420. The fourth-order valence-electron chi connectivity index (χ4n) is 3.22. The predicted octanol–water partition coefficient (Wildman–Crippen LogP) is 4.97. The highest BCUT2D eigenvalue weighted by atomic mass is 35.5. The Balaban J connectivity index is 2.11. The van der Waals surface area contributed by atoms with Gasteiger partial charge in [0.25, 0.3) is 5.56 Å². The molecule has 6 nitrogen and oxygen atoms in total. The summed E-state index contributed by atoms with van der Waals surface area (Å²) in [6.45, 7) is 5.78. The Bertz CT molecular complexity index is 1300. The molecule has 0 aliphatic heterocycles. The Labute approximate surface area is 195 Å². The lowest BCUT2D eigenvalue weighted by Crippen LogP contribution is -2.22. The summed E-state index contributed by atoms with van der Waals surface area (Å²) < 4.78 is 1.49. The lowest BCUT2D eigenvalue weighted by Gasteiger charge is -2.15. The number of thioether (sulfide) groups is 1. The zero-order valence-corrected chi connectivity index (χ0v) is 19.6. The van der Waals surface area contributed by atoms with E-state index in [-0.39, 0.29) is 22.6 Å². The number of benzene rings is 2. The second-order valence-electron chi connectivity index (χ2n) is 7.48. The van der Waals surface area contributed by atoms with Gasteiger partial charge in [-0.25, -0.2) is 4.98 Å². The molecule has 1 atom stereocenters. The largest absolute Gasteiger partial charge is 0.401 e. The lowest BCUT2D eigenvalue weighted by molar-refractivity contribution is -0.112. The quantitative estimate of drug-likeness (QED) is 0.228. The van der Waals surface area contributed by atoms with Crippen LogP contribution in [-0.2, 0) is 4.79 Å². The summed E-state index contributed by atoms with van der Waals surface area (Å²) in [7, 11) is 0. The summed E-state index contributed by atoms with van der Waals surface area (Å²) >= 11 is 7.18. The Hall–Kier alpha value is -3.08. The van der Waals surface area contributed by atoms with Gasteiger partial charge in [-0.05, 0) is 55.2 Å². The number of allylic oxidation sites excluding steroid dienone is 2. The van der Waals surface area contributed by atoms with E-state index in [0.717, 1.165) is 18.2 Å². The topological polar surface area (TPSA) is 102 Å². The zero-order chi connectivity index (χ0) is 23.4.